The molecule has 0 saturated heterocycles. The Hall–Kier alpha value is -0.0400. The van der Waals surface area contributed by atoms with Gasteiger partial charge in [-0.2, -0.15) is 0 Å². The first-order valence-corrected chi connectivity index (χ1v) is 5.83. The Morgan fingerprint density at radius 2 is 1.62 bits per heavy atom. The van der Waals surface area contributed by atoms with Crippen molar-refractivity contribution in [3.05, 3.63) is 0 Å². The van der Waals surface area contributed by atoms with E-state index in [9.17, 15) is 0 Å². The van der Waals surface area contributed by atoms with Crippen LogP contribution >= 0.6 is 0 Å². The number of hydrogen-bond acceptors (Lipinski definition) is 1. The summed E-state index contributed by atoms with van der Waals surface area (Å²) in [5, 5.41) is 0. The van der Waals surface area contributed by atoms with Crippen molar-refractivity contribution < 1.29 is 0 Å². The van der Waals surface area contributed by atoms with Crippen LogP contribution in [-0.4, -0.2) is 6.54 Å². The largest absolute Gasteiger partial charge is 0.330 e. The molecule has 2 fully saturated rings. The van der Waals surface area contributed by atoms with Gasteiger partial charge in [-0.1, -0.05) is 13.8 Å². The minimum atomic E-state index is 0.542. The van der Waals surface area contributed by atoms with Gasteiger partial charge in [-0.25, -0.2) is 0 Å². The molecule has 2 bridgehead atoms. The molecule has 3 unspecified atom stereocenters. The van der Waals surface area contributed by atoms with Crippen LogP contribution in [0.5, 0.6) is 0 Å². The van der Waals surface area contributed by atoms with Gasteiger partial charge >= 0.3 is 0 Å². The van der Waals surface area contributed by atoms with E-state index in [1.807, 2.05) is 0 Å². The average Bonchev–Trinajstić information content (AvgIpc) is 2.01. The molecule has 0 radical (unpaired) electrons. The lowest BCUT2D eigenvalue weighted by atomic mass is 9.57. The Bertz CT molecular complexity index is 168. The molecule has 0 heterocycles. The van der Waals surface area contributed by atoms with Crippen LogP contribution in [0.25, 0.3) is 0 Å². The third-order valence-electron chi connectivity index (χ3n) is 4.19. The van der Waals surface area contributed by atoms with Gasteiger partial charge in [-0.3, -0.25) is 0 Å². The summed E-state index contributed by atoms with van der Waals surface area (Å²) in [6, 6.07) is 0. The second kappa shape index (κ2) is 3.27. The number of nitrogens with two attached hydrogens (primary N) is 1. The highest BCUT2D eigenvalue weighted by atomic mass is 14.6. The molecule has 13 heavy (non-hydrogen) atoms. The van der Waals surface area contributed by atoms with E-state index in [1.165, 1.54) is 32.1 Å². The van der Waals surface area contributed by atoms with E-state index in [1.54, 1.807) is 0 Å². The predicted octanol–water partition coefficient (Wildman–Crippen LogP) is 2.80. The van der Waals surface area contributed by atoms with Crippen molar-refractivity contribution in [1.82, 2.24) is 0 Å². The van der Waals surface area contributed by atoms with Gasteiger partial charge in [0.05, 0.1) is 0 Å². The molecule has 1 heteroatoms. The molecule has 2 aliphatic rings. The van der Waals surface area contributed by atoms with Gasteiger partial charge in [-0.05, 0) is 61.8 Å². The maximum absolute atomic E-state index is 5.97. The van der Waals surface area contributed by atoms with Crippen LogP contribution < -0.4 is 5.73 Å². The fourth-order valence-electron chi connectivity index (χ4n) is 4.16. The van der Waals surface area contributed by atoms with E-state index in [-0.39, 0.29) is 0 Å². The highest BCUT2D eigenvalue weighted by Gasteiger charge is 2.42. The molecule has 0 aromatic heterocycles. The molecule has 0 aromatic carbocycles. The van der Waals surface area contributed by atoms with Gasteiger partial charge in [0.15, 0.2) is 0 Å². The van der Waals surface area contributed by atoms with Crippen molar-refractivity contribution in [3.8, 4) is 0 Å². The number of rotatable bonds is 1. The molecule has 2 N–H and O–H groups in total. The normalized spacial score (nSPS) is 50.5. The van der Waals surface area contributed by atoms with Crippen molar-refractivity contribution in [2.45, 2.75) is 46.0 Å². The summed E-state index contributed by atoms with van der Waals surface area (Å²) in [5.74, 6) is 2.85. The van der Waals surface area contributed by atoms with Gasteiger partial charge in [-0.15, -0.1) is 0 Å². The Balaban J connectivity index is 2.13. The van der Waals surface area contributed by atoms with E-state index in [4.69, 9.17) is 5.73 Å². The highest BCUT2D eigenvalue weighted by molar-refractivity contribution is 4.95. The molecule has 0 spiro atoms. The lowest BCUT2D eigenvalue weighted by molar-refractivity contribution is 0.0252. The fourth-order valence-corrected chi connectivity index (χ4v) is 4.16. The molecule has 2 aliphatic carbocycles. The summed E-state index contributed by atoms with van der Waals surface area (Å²) in [6.45, 7) is 5.75. The lowest BCUT2D eigenvalue weighted by Crippen LogP contribution is -2.43. The topological polar surface area (TPSA) is 26.0 Å². The maximum Gasteiger partial charge on any atom is -0.00202 e. The van der Waals surface area contributed by atoms with Crippen LogP contribution in [0.4, 0.5) is 0 Å². The van der Waals surface area contributed by atoms with Crippen molar-refractivity contribution in [3.63, 3.8) is 0 Å². The second-order valence-corrected chi connectivity index (χ2v) is 5.86. The standard InChI is InChI=1S/C12H23N/c1-9-3-11-4-10(2)6-12(5-9,7-11)8-13/h9-11H,3-8,13H2,1-2H3/t9-,10?,11?,12?/m1/s1. The van der Waals surface area contributed by atoms with Crippen LogP contribution in [0, 0.1) is 23.2 Å². The van der Waals surface area contributed by atoms with E-state index in [0.717, 1.165) is 24.3 Å². The average molecular weight is 181 g/mol. The zero-order valence-corrected chi connectivity index (χ0v) is 9.05. The Morgan fingerprint density at radius 1 is 1.08 bits per heavy atom. The third-order valence-corrected chi connectivity index (χ3v) is 4.19. The summed E-state index contributed by atoms with van der Waals surface area (Å²) in [4.78, 5) is 0. The molecule has 4 atom stereocenters. The fraction of sp³-hybridized carbons (Fsp3) is 1.00. The smallest absolute Gasteiger partial charge is 0.00202 e. The van der Waals surface area contributed by atoms with E-state index >= 15 is 0 Å². The summed E-state index contributed by atoms with van der Waals surface area (Å²) < 4.78 is 0. The van der Waals surface area contributed by atoms with E-state index in [2.05, 4.69) is 13.8 Å². The Labute approximate surface area is 82.1 Å². The summed E-state index contributed by atoms with van der Waals surface area (Å²) in [6.07, 6.45) is 7.14. The van der Waals surface area contributed by atoms with Crippen molar-refractivity contribution in [1.29, 1.82) is 0 Å². The summed E-state index contributed by atoms with van der Waals surface area (Å²) in [5.41, 5.74) is 6.51. The number of hydrogen-bond donors (Lipinski definition) is 1. The molecule has 2 rings (SSSR count). The third kappa shape index (κ3) is 1.76. The zero-order chi connectivity index (χ0) is 9.47. The van der Waals surface area contributed by atoms with Crippen LogP contribution in [0.1, 0.15) is 46.0 Å². The first kappa shape index (κ1) is 9.51. The predicted molar refractivity (Wildman–Crippen MR) is 56.4 cm³/mol. The summed E-state index contributed by atoms with van der Waals surface area (Å²) >= 11 is 0. The SMILES string of the molecule is CC1CC2C[C@@H](C)CC(CN)(C1)C2. The molecule has 0 amide bonds. The molecular formula is C12H23N. The van der Waals surface area contributed by atoms with Crippen LogP contribution in [0.2, 0.25) is 0 Å². The Morgan fingerprint density at radius 3 is 2.08 bits per heavy atom. The van der Waals surface area contributed by atoms with Crippen molar-refractivity contribution in [2.24, 2.45) is 28.9 Å². The van der Waals surface area contributed by atoms with Gasteiger partial charge in [0.1, 0.15) is 0 Å². The zero-order valence-electron chi connectivity index (χ0n) is 9.05. The first-order chi connectivity index (χ1) is 6.13. The molecular weight excluding hydrogens is 158 g/mol. The van der Waals surface area contributed by atoms with Gasteiger partial charge in [0.2, 0.25) is 0 Å². The highest BCUT2D eigenvalue weighted by Crippen LogP contribution is 2.51. The quantitative estimate of drug-likeness (QED) is 0.661. The van der Waals surface area contributed by atoms with Crippen LogP contribution in [-0.2, 0) is 0 Å². The van der Waals surface area contributed by atoms with Crippen LogP contribution in [0.15, 0.2) is 0 Å². The van der Waals surface area contributed by atoms with Crippen LogP contribution in [0.3, 0.4) is 0 Å². The minimum absolute atomic E-state index is 0.542. The molecule has 0 aliphatic heterocycles. The Kier molecular flexibility index (Phi) is 2.39. The molecule has 76 valence electrons. The first-order valence-electron chi connectivity index (χ1n) is 5.83. The van der Waals surface area contributed by atoms with Crippen molar-refractivity contribution >= 4 is 0 Å². The lowest BCUT2D eigenvalue weighted by Gasteiger charge is -2.49. The van der Waals surface area contributed by atoms with Gasteiger partial charge < -0.3 is 5.73 Å². The second-order valence-electron chi connectivity index (χ2n) is 5.86. The monoisotopic (exact) mass is 181 g/mol. The number of fused-ring (bicyclic) bond motifs is 2. The van der Waals surface area contributed by atoms with Gasteiger partial charge in [0, 0.05) is 0 Å². The molecule has 2 saturated carbocycles. The van der Waals surface area contributed by atoms with Crippen molar-refractivity contribution in [2.75, 3.05) is 6.54 Å². The van der Waals surface area contributed by atoms with E-state index < -0.39 is 0 Å². The van der Waals surface area contributed by atoms with E-state index in [0.29, 0.717) is 5.41 Å². The van der Waals surface area contributed by atoms with Gasteiger partial charge in [0.25, 0.3) is 0 Å². The minimum Gasteiger partial charge on any atom is -0.330 e. The maximum atomic E-state index is 5.97. The molecule has 1 nitrogen and oxygen atoms in total. The molecule has 0 aromatic rings. The summed E-state index contributed by atoms with van der Waals surface area (Å²) in [7, 11) is 0.